The first kappa shape index (κ1) is 10.4. The van der Waals surface area contributed by atoms with Crippen LogP contribution in [0.5, 0.6) is 0 Å². The van der Waals surface area contributed by atoms with Crippen LogP contribution in [0.4, 0.5) is 0 Å². The van der Waals surface area contributed by atoms with Crippen molar-refractivity contribution in [3.05, 3.63) is 0 Å². The van der Waals surface area contributed by atoms with E-state index in [9.17, 15) is 10.2 Å². The summed E-state index contributed by atoms with van der Waals surface area (Å²) in [7, 11) is 0. The fraction of sp³-hybridized carbons (Fsp3) is 1.00. The molecule has 1 aliphatic carbocycles. The van der Waals surface area contributed by atoms with Crippen molar-refractivity contribution in [1.29, 1.82) is 0 Å². The minimum atomic E-state index is -0.422. The SMILES string of the molecule is C[C@H]1[C@@H](O)[C@H](C)O[C@@H]1[C@@H](O)C1CCC1. The number of rotatable bonds is 2. The zero-order valence-corrected chi connectivity index (χ0v) is 8.89. The van der Waals surface area contributed by atoms with Crippen LogP contribution in [-0.2, 0) is 4.74 Å². The molecule has 1 aliphatic heterocycles. The monoisotopic (exact) mass is 200 g/mol. The van der Waals surface area contributed by atoms with Gasteiger partial charge >= 0.3 is 0 Å². The van der Waals surface area contributed by atoms with Crippen molar-refractivity contribution in [1.82, 2.24) is 0 Å². The average Bonchev–Trinajstić information content (AvgIpc) is 2.30. The van der Waals surface area contributed by atoms with Crippen LogP contribution in [-0.4, -0.2) is 34.6 Å². The van der Waals surface area contributed by atoms with E-state index in [2.05, 4.69) is 0 Å². The van der Waals surface area contributed by atoms with Crippen LogP contribution in [0.2, 0.25) is 0 Å². The molecule has 5 atom stereocenters. The Labute approximate surface area is 85.1 Å². The molecule has 14 heavy (non-hydrogen) atoms. The molecule has 0 aromatic heterocycles. The molecule has 0 spiro atoms. The number of aliphatic hydroxyl groups is 2. The maximum absolute atomic E-state index is 10.0. The highest BCUT2D eigenvalue weighted by Crippen LogP contribution is 2.37. The maximum Gasteiger partial charge on any atom is 0.0892 e. The predicted octanol–water partition coefficient (Wildman–Crippen LogP) is 0.932. The summed E-state index contributed by atoms with van der Waals surface area (Å²) >= 11 is 0. The summed E-state index contributed by atoms with van der Waals surface area (Å²) in [6, 6.07) is 0. The van der Waals surface area contributed by atoms with Crippen LogP contribution < -0.4 is 0 Å². The molecule has 0 radical (unpaired) electrons. The van der Waals surface area contributed by atoms with Gasteiger partial charge < -0.3 is 14.9 Å². The van der Waals surface area contributed by atoms with E-state index in [1.165, 1.54) is 6.42 Å². The van der Waals surface area contributed by atoms with E-state index < -0.39 is 6.10 Å². The van der Waals surface area contributed by atoms with Crippen molar-refractivity contribution >= 4 is 0 Å². The topological polar surface area (TPSA) is 49.7 Å². The lowest BCUT2D eigenvalue weighted by Crippen LogP contribution is -2.40. The van der Waals surface area contributed by atoms with Gasteiger partial charge in [0.15, 0.2) is 0 Å². The van der Waals surface area contributed by atoms with Crippen molar-refractivity contribution in [2.24, 2.45) is 11.8 Å². The summed E-state index contributed by atoms with van der Waals surface area (Å²) < 4.78 is 5.60. The lowest BCUT2D eigenvalue weighted by atomic mass is 9.77. The second-order valence-corrected chi connectivity index (χ2v) is 4.84. The first-order valence-electron chi connectivity index (χ1n) is 5.63. The highest BCUT2D eigenvalue weighted by molar-refractivity contribution is 4.93. The summed E-state index contributed by atoms with van der Waals surface area (Å²) in [5.41, 5.74) is 0. The van der Waals surface area contributed by atoms with Crippen LogP contribution in [0.1, 0.15) is 33.1 Å². The van der Waals surface area contributed by atoms with E-state index >= 15 is 0 Å². The largest absolute Gasteiger partial charge is 0.390 e. The third-order valence-corrected chi connectivity index (χ3v) is 3.88. The molecule has 2 aliphatic rings. The first-order chi connectivity index (χ1) is 6.61. The molecule has 1 saturated heterocycles. The Hall–Kier alpha value is -0.120. The summed E-state index contributed by atoms with van der Waals surface area (Å²) in [5, 5.41) is 19.8. The molecule has 0 amide bonds. The third kappa shape index (κ3) is 1.58. The molecule has 1 saturated carbocycles. The zero-order chi connectivity index (χ0) is 10.3. The van der Waals surface area contributed by atoms with Crippen molar-refractivity contribution in [2.45, 2.75) is 57.5 Å². The molecular weight excluding hydrogens is 180 g/mol. The average molecular weight is 200 g/mol. The molecule has 2 N–H and O–H groups in total. The van der Waals surface area contributed by atoms with Gasteiger partial charge in [-0.25, -0.2) is 0 Å². The fourth-order valence-electron chi connectivity index (χ4n) is 2.52. The standard InChI is InChI=1S/C11H20O3/c1-6-9(12)7(2)14-11(6)10(13)8-4-3-5-8/h6-13H,3-5H2,1-2H3/t6-,7-,9+,10-,11-/m0/s1. The summed E-state index contributed by atoms with van der Waals surface area (Å²) in [6.07, 6.45) is 2.35. The molecule has 0 bridgehead atoms. The van der Waals surface area contributed by atoms with Gasteiger partial charge in [0.2, 0.25) is 0 Å². The molecule has 1 heterocycles. The Morgan fingerprint density at radius 1 is 1.29 bits per heavy atom. The molecule has 0 aromatic rings. The van der Waals surface area contributed by atoms with Crippen LogP contribution in [0, 0.1) is 11.8 Å². The van der Waals surface area contributed by atoms with Gasteiger partial charge in [0.05, 0.1) is 24.4 Å². The second kappa shape index (κ2) is 3.80. The second-order valence-electron chi connectivity index (χ2n) is 4.84. The fourth-order valence-corrected chi connectivity index (χ4v) is 2.52. The molecule has 82 valence electrons. The third-order valence-electron chi connectivity index (χ3n) is 3.88. The van der Waals surface area contributed by atoms with Crippen LogP contribution in [0.15, 0.2) is 0 Å². The summed E-state index contributed by atoms with van der Waals surface area (Å²) in [4.78, 5) is 0. The van der Waals surface area contributed by atoms with Gasteiger partial charge in [-0.2, -0.15) is 0 Å². The van der Waals surface area contributed by atoms with Gasteiger partial charge in [-0.1, -0.05) is 13.3 Å². The minimum absolute atomic E-state index is 0.0561. The summed E-state index contributed by atoms with van der Waals surface area (Å²) in [6.45, 7) is 3.83. The van der Waals surface area contributed by atoms with Crippen LogP contribution in [0.3, 0.4) is 0 Å². The smallest absolute Gasteiger partial charge is 0.0892 e. The van der Waals surface area contributed by atoms with Crippen molar-refractivity contribution in [2.75, 3.05) is 0 Å². The lowest BCUT2D eigenvalue weighted by molar-refractivity contribution is -0.0798. The Kier molecular flexibility index (Phi) is 2.82. The number of ether oxygens (including phenoxy) is 1. The number of aliphatic hydroxyl groups excluding tert-OH is 2. The van der Waals surface area contributed by atoms with E-state index in [1.54, 1.807) is 0 Å². The Bertz CT molecular complexity index is 203. The predicted molar refractivity (Wildman–Crippen MR) is 52.9 cm³/mol. The van der Waals surface area contributed by atoms with E-state index in [4.69, 9.17) is 4.74 Å². The van der Waals surface area contributed by atoms with Crippen molar-refractivity contribution in [3.8, 4) is 0 Å². The van der Waals surface area contributed by atoms with Gasteiger partial charge in [-0.3, -0.25) is 0 Å². The highest BCUT2D eigenvalue weighted by Gasteiger charge is 2.45. The van der Waals surface area contributed by atoms with Gasteiger partial charge in [-0.05, 0) is 25.7 Å². The number of hydrogen-bond donors (Lipinski definition) is 2. The molecule has 0 aromatic carbocycles. The van der Waals surface area contributed by atoms with E-state index in [-0.39, 0.29) is 24.2 Å². The molecule has 2 fully saturated rings. The van der Waals surface area contributed by atoms with Crippen LogP contribution in [0.25, 0.3) is 0 Å². The molecule has 3 heteroatoms. The van der Waals surface area contributed by atoms with Crippen molar-refractivity contribution in [3.63, 3.8) is 0 Å². The maximum atomic E-state index is 10.0. The van der Waals surface area contributed by atoms with Gasteiger partial charge in [0, 0.05) is 5.92 Å². The zero-order valence-electron chi connectivity index (χ0n) is 8.89. The molecule has 2 rings (SSSR count). The first-order valence-corrected chi connectivity index (χ1v) is 5.63. The quantitative estimate of drug-likeness (QED) is 0.697. The molecule has 0 unspecified atom stereocenters. The molecular formula is C11H20O3. The Balaban J connectivity index is 1.97. The molecule has 3 nitrogen and oxygen atoms in total. The lowest BCUT2D eigenvalue weighted by Gasteiger charge is -2.34. The van der Waals surface area contributed by atoms with Gasteiger partial charge in [-0.15, -0.1) is 0 Å². The van der Waals surface area contributed by atoms with E-state index in [1.807, 2.05) is 13.8 Å². The van der Waals surface area contributed by atoms with Crippen LogP contribution >= 0.6 is 0 Å². The highest BCUT2D eigenvalue weighted by atomic mass is 16.5. The Morgan fingerprint density at radius 2 is 1.93 bits per heavy atom. The minimum Gasteiger partial charge on any atom is -0.390 e. The summed E-state index contributed by atoms with van der Waals surface area (Å²) in [5.74, 6) is 0.459. The number of hydrogen-bond acceptors (Lipinski definition) is 3. The van der Waals surface area contributed by atoms with Gasteiger partial charge in [0.25, 0.3) is 0 Å². The van der Waals surface area contributed by atoms with Crippen molar-refractivity contribution < 1.29 is 14.9 Å². The Morgan fingerprint density at radius 3 is 2.29 bits per heavy atom. The van der Waals surface area contributed by atoms with Gasteiger partial charge in [0.1, 0.15) is 0 Å². The normalized spacial score (nSPS) is 46.3. The van der Waals surface area contributed by atoms with E-state index in [0.717, 1.165) is 12.8 Å². The van der Waals surface area contributed by atoms with E-state index in [0.29, 0.717) is 5.92 Å².